The van der Waals surface area contributed by atoms with Crippen LogP contribution in [0.15, 0.2) is 18.2 Å². The van der Waals surface area contributed by atoms with Gasteiger partial charge in [0.1, 0.15) is 0 Å². The molecule has 0 spiro atoms. The van der Waals surface area contributed by atoms with Crippen LogP contribution in [-0.2, 0) is 6.42 Å². The topological polar surface area (TPSA) is 12.0 Å². The van der Waals surface area contributed by atoms with Crippen LogP contribution in [0.1, 0.15) is 18.9 Å². The van der Waals surface area contributed by atoms with Crippen LogP contribution in [-0.4, -0.2) is 13.1 Å². The van der Waals surface area contributed by atoms with E-state index >= 15 is 0 Å². The van der Waals surface area contributed by atoms with E-state index in [0.29, 0.717) is 0 Å². The maximum Gasteiger partial charge on any atom is 0.159 e. The van der Waals surface area contributed by atoms with Crippen molar-refractivity contribution in [2.45, 2.75) is 19.8 Å². The number of nitrogens with one attached hydrogen (secondary N) is 1. The van der Waals surface area contributed by atoms with Gasteiger partial charge >= 0.3 is 0 Å². The lowest BCUT2D eigenvalue weighted by molar-refractivity contribution is 0.506. The Bertz CT molecular complexity index is 287. The standard InChI is InChI=1S/C11H15F2N/c1-2-6-14-7-5-9-3-4-10(12)11(13)8-9/h3-4,8,14H,2,5-7H2,1H3. The highest BCUT2D eigenvalue weighted by Gasteiger charge is 2.01. The van der Waals surface area contributed by atoms with E-state index in [1.807, 2.05) is 0 Å². The minimum atomic E-state index is -0.782. The molecule has 1 N–H and O–H groups in total. The smallest absolute Gasteiger partial charge is 0.159 e. The van der Waals surface area contributed by atoms with Gasteiger partial charge in [-0.15, -0.1) is 0 Å². The van der Waals surface area contributed by atoms with Crippen molar-refractivity contribution in [3.63, 3.8) is 0 Å². The van der Waals surface area contributed by atoms with E-state index in [2.05, 4.69) is 12.2 Å². The Hall–Kier alpha value is -0.960. The molecule has 0 bridgehead atoms. The van der Waals surface area contributed by atoms with Gasteiger partial charge in [0.05, 0.1) is 0 Å². The Kier molecular flexibility index (Phi) is 4.53. The Balaban J connectivity index is 2.39. The van der Waals surface area contributed by atoms with E-state index in [4.69, 9.17) is 0 Å². The fraction of sp³-hybridized carbons (Fsp3) is 0.455. The fourth-order valence-electron chi connectivity index (χ4n) is 1.23. The van der Waals surface area contributed by atoms with Gasteiger partial charge in [-0.05, 0) is 43.6 Å². The summed E-state index contributed by atoms with van der Waals surface area (Å²) in [5.74, 6) is -1.55. The van der Waals surface area contributed by atoms with Crippen molar-refractivity contribution in [2.75, 3.05) is 13.1 Å². The van der Waals surface area contributed by atoms with Crippen molar-refractivity contribution in [3.05, 3.63) is 35.4 Å². The van der Waals surface area contributed by atoms with E-state index in [1.165, 1.54) is 12.1 Å². The second-order valence-corrected chi connectivity index (χ2v) is 3.25. The summed E-state index contributed by atoms with van der Waals surface area (Å²) in [7, 11) is 0. The molecule has 1 nitrogen and oxygen atoms in total. The first-order valence-corrected chi connectivity index (χ1v) is 4.88. The van der Waals surface area contributed by atoms with Crippen molar-refractivity contribution in [3.8, 4) is 0 Å². The summed E-state index contributed by atoms with van der Waals surface area (Å²) in [6.07, 6.45) is 1.81. The molecule has 0 amide bonds. The highest BCUT2D eigenvalue weighted by Crippen LogP contribution is 2.08. The molecule has 0 aliphatic heterocycles. The van der Waals surface area contributed by atoms with Gasteiger partial charge in [0.2, 0.25) is 0 Å². The number of benzene rings is 1. The van der Waals surface area contributed by atoms with Crippen LogP contribution < -0.4 is 5.32 Å². The van der Waals surface area contributed by atoms with E-state index in [0.717, 1.165) is 31.5 Å². The van der Waals surface area contributed by atoms with Crippen molar-refractivity contribution >= 4 is 0 Å². The first kappa shape index (κ1) is 11.1. The maximum absolute atomic E-state index is 12.8. The summed E-state index contributed by atoms with van der Waals surface area (Å²) >= 11 is 0. The maximum atomic E-state index is 12.8. The molecule has 0 heterocycles. The molecule has 3 heteroatoms. The van der Waals surface area contributed by atoms with Crippen LogP contribution >= 0.6 is 0 Å². The molecule has 1 aromatic carbocycles. The Morgan fingerprint density at radius 2 is 1.93 bits per heavy atom. The van der Waals surface area contributed by atoms with Crippen LogP contribution in [0.25, 0.3) is 0 Å². The molecule has 1 aromatic rings. The van der Waals surface area contributed by atoms with Crippen molar-refractivity contribution in [1.29, 1.82) is 0 Å². The predicted molar refractivity (Wildman–Crippen MR) is 53.2 cm³/mol. The number of halogens is 2. The normalized spacial score (nSPS) is 10.5. The summed E-state index contributed by atoms with van der Waals surface area (Å²) in [6.45, 7) is 3.85. The van der Waals surface area contributed by atoms with Crippen molar-refractivity contribution < 1.29 is 8.78 Å². The van der Waals surface area contributed by atoms with Crippen LogP contribution in [0.2, 0.25) is 0 Å². The molecule has 0 aliphatic rings. The summed E-state index contributed by atoms with van der Waals surface area (Å²) < 4.78 is 25.3. The van der Waals surface area contributed by atoms with E-state index in [-0.39, 0.29) is 0 Å². The SMILES string of the molecule is CCCNCCc1ccc(F)c(F)c1. The van der Waals surface area contributed by atoms with Crippen molar-refractivity contribution in [2.24, 2.45) is 0 Å². The molecule has 0 fully saturated rings. The number of hydrogen-bond acceptors (Lipinski definition) is 1. The molecule has 0 atom stereocenters. The summed E-state index contributed by atoms with van der Waals surface area (Å²) in [6, 6.07) is 4.04. The zero-order valence-corrected chi connectivity index (χ0v) is 8.32. The van der Waals surface area contributed by atoms with Crippen LogP contribution in [0.3, 0.4) is 0 Å². The van der Waals surface area contributed by atoms with Gasteiger partial charge in [0, 0.05) is 0 Å². The highest BCUT2D eigenvalue weighted by atomic mass is 19.2. The van der Waals surface area contributed by atoms with Gasteiger partial charge < -0.3 is 5.32 Å². The quantitative estimate of drug-likeness (QED) is 0.718. The van der Waals surface area contributed by atoms with Gasteiger partial charge in [-0.2, -0.15) is 0 Å². The summed E-state index contributed by atoms with van der Waals surface area (Å²) in [4.78, 5) is 0. The third-order valence-corrected chi connectivity index (χ3v) is 2.00. The van der Waals surface area contributed by atoms with Crippen molar-refractivity contribution in [1.82, 2.24) is 5.32 Å². The van der Waals surface area contributed by atoms with E-state index in [1.54, 1.807) is 6.07 Å². The lowest BCUT2D eigenvalue weighted by Crippen LogP contribution is -2.17. The number of hydrogen-bond donors (Lipinski definition) is 1. The van der Waals surface area contributed by atoms with Gasteiger partial charge in [-0.1, -0.05) is 13.0 Å². The average Bonchev–Trinajstić information content (AvgIpc) is 2.18. The zero-order chi connectivity index (χ0) is 10.4. The molecule has 0 unspecified atom stereocenters. The fourth-order valence-corrected chi connectivity index (χ4v) is 1.23. The van der Waals surface area contributed by atoms with E-state index < -0.39 is 11.6 Å². The molecular formula is C11H15F2N. The minimum Gasteiger partial charge on any atom is -0.316 e. The zero-order valence-electron chi connectivity index (χ0n) is 8.32. The molecule has 0 aromatic heterocycles. The van der Waals surface area contributed by atoms with Gasteiger partial charge in [0.15, 0.2) is 11.6 Å². The van der Waals surface area contributed by atoms with Crippen LogP contribution in [0, 0.1) is 11.6 Å². The molecule has 0 radical (unpaired) electrons. The minimum absolute atomic E-state index is 0.733. The van der Waals surface area contributed by atoms with Crippen LogP contribution in [0.4, 0.5) is 8.78 Å². The molecule has 78 valence electrons. The average molecular weight is 199 g/mol. The molecule has 1 rings (SSSR count). The van der Waals surface area contributed by atoms with E-state index in [9.17, 15) is 8.78 Å². The van der Waals surface area contributed by atoms with Gasteiger partial charge in [-0.3, -0.25) is 0 Å². The predicted octanol–water partition coefficient (Wildman–Crippen LogP) is 2.51. The molecule has 0 saturated carbocycles. The largest absolute Gasteiger partial charge is 0.316 e. The number of rotatable bonds is 5. The second-order valence-electron chi connectivity index (χ2n) is 3.25. The third kappa shape index (κ3) is 3.42. The Morgan fingerprint density at radius 1 is 1.14 bits per heavy atom. The molecule has 0 saturated heterocycles. The third-order valence-electron chi connectivity index (χ3n) is 2.00. The molecular weight excluding hydrogens is 184 g/mol. The van der Waals surface area contributed by atoms with Crippen LogP contribution in [0.5, 0.6) is 0 Å². The Labute approximate surface area is 83.1 Å². The first-order chi connectivity index (χ1) is 6.74. The lowest BCUT2D eigenvalue weighted by Gasteiger charge is -2.03. The van der Waals surface area contributed by atoms with Gasteiger partial charge in [-0.25, -0.2) is 8.78 Å². The summed E-state index contributed by atoms with van der Waals surface area (Å²) in [5, 5.41) is 3.20. The second kappa shape index (κ2) is 5.70. The summed E-state index contributed by atoms with van der Waals surface area (Å²) in [5.41, 5.74) is 0.826. The first-order valence-electron chi connectivity index (χ1n) is 4.88. The molecule has 14 heavy (non-hydrogen) atoms. The molecule has 0 aliphatic carbocycles. The Morgan fingerprint density at radius 3 is 2.57 bits per heavy atom. The van der Waals surface area contributed by atoms with Gasteiger partial charge in [0.25, 0.3) is 0 Å². The highest BCUT2D eigenvalue weighted by molar-refractivity contribution is 5.17. The lowest BCUT2D eigenvalue weighted by atomic mass is 10.1. The monoisotopic (exact) mass is 199 g/mol.